The molecule has 1 aromatic heterocycles. The number of carbonyl (C=O) groups excluding carboxylic acids is 2. The van der Waals surface area contributed by atoms with Gasteiger partial charge in [0.15, 0.2) is 5.69 Å². The zero-order valence-corrected chi connectivity index (χ0v) is 16.2. The van der Waals surface area contributed by atoms with Crippen LogP contribution in [-0.4, -0.2) is 58.3 Å². The maximum atomic E-state index is 12.9. The van der Waals surface area contributed by atoms with E-state index in [4.69, 9.17) is 10.3 Å². The number of likely N-dealkylation sites (tertiary alicyclic amines) is 1. The lowest BCUT2D eigenvalue weighted by molar-refractivity contribution is -0.141. The Balaban J connectivity index is 1.32. The van der Waals surface area contributed by atoms with E-state index in [1.54, 1.807) is 6.07 Å². The fourth-order valence-corrected chi connectivity index (χ4v) is 4.46. The van der Waals surface area contributed by atoms with E-state index in [-0.39, 0.29) is 42.5 Å². The first-order valence-corrected chi connectivity index (χ1v) is 10.5. The van der Waals surface area contributed by atoms with Crippen LogP contribution in [0.2, 0.25) is 0 Å². The van der Waals surface area contributed by atoms with E-state index in [2.05, 4.69) is 10.5 Å². The van der Waals surface area contributed by atoms with E-state index in [0.717, 1.165) is 44.3 Å². The first-order valence-electron chi connectivity index (χ1n) is 10.5. The quantitative estimate of drug-likeness (QED) is 0.693. The minimum absolute atomic E-state index is 0.0102. The van der Waals surface area contributed by atoms with Crippen LogP contribution in [-0.2, 0) is 4.79 Å². The molecule has 4 N–H and O–H groups in total. The average Bonchev–Trinajstić information content (AvgIpc) is 3.44. The van der Waals surface area contributed by atoms with Crippen molar-refractivity contribution in [1.29, 1.82) is 0 Å². The van der Waals surface area contributed by atoms with Crippen molar-refractivity contribution in [3.63, 3.8) is 0 Å². The van der Waals surface area contributed by atoms with Gasteiger partial charge < -0.3 is 25.6 Å². The largest absolute Gasteiger partial charge is 0.394 e. The molecule has 3 aliphatic rings. The normalized spacial score (nSPS) is 30.9. The molecule has 2 atom stereocenters. The SMILES string of the molecule is N[C@H]1CC[C@H](C(=O)N2CC[C@@H](NC(=O)c3cc(C4CC4)on3)C[C@H]2CO)CC1. The van der Waals surface area contributed by atoms with Gasteiger partial charge >= 0.3 is 0 Å². The number of carbonyl (C=O) groups is 2. The molecule has 0 unspecified atom stereocenters. The van der Waals surface area contributed by atoms with Crippen LogP contribution in [0, 0.1) is 5.92 Å². The molecule has 2 aliphatic carbocycles. The van der Waals surface area contributed by atoms with E-state index >= 15 is 0 Å². The second-order valence-corrected chi connectivity index (χ2v) is 8.56. The Kier molecular flexibility index (Phi) is 5.68. The first-order chi connectivity index (χ1) is 13.5. The van der Waals surface area contributed by atoms with Crippen LogP contribution in [0.15, 0.2) is 10.6 Å². The van der Waals surface area contributed by atoms with Crippen LogP contribution in [0.3, 0.4) is 0 Å². The van der Waals surface area contributed by atoms with Gasteiger partial charge in [-0.15, -0.1) is 0 Å². The third-order valence-electron chi connectivity index (χ3n) is 6.41. The molecule has 0 bridgehead atoms. The first kappa shape index (κ1) is 19.4. The Morgan fingerprint density at radius 3 is 2.64 bits per heavy atom. The van der Waals surface area contributed by atoms with Gasteiger partial charge in [-0.05, 0) is 51.4 Å². The van der Waals surface area contributed by atoms with Crippen molar-refractivity contribution in [2.45, 2.75) is 75.4 Å². The van der Waals surface area contributed by atoms with Gasteiger partial charge in [-0.1, -0.05) is 5.16 Å². The molecule has 2 heterocycles. The number of piperidine rings is 1. The summed E-state index contributed by atoms with van der Waals surface area (Å²) >= 11 is 0. The number of nitrogens with one attached hydrogen (secondary N) is 1. The van der Waals surface area contributed by atoms with Gasteiger partial charge in [0.25, 0.3) is 5.91 Å². The summed E-state index contributed by atoms with van der Waals surface area (Å²) in [5.41, 5.74) is 6.25. The fourth-order valence-electron chi connectivity index (χ4n) is 4.46. The van der Waals surface area contributed by atoms with Crippen molar-refractivity contribution in [1.82, 2.24) is 15.4 Å². The molecule has 1 saturated heterocycles. The highest BCUT2D eigenvalue weighted by atomic mass is 16.5. The van der Waals surface area contributed by atoms with Crippen LogP contribution >= 0.6 is 0 Å². The van der Waals surface area contributed by atoms with Crippen molar-refractivity contribution >= 4 is 11.8 Å². The standard InChI is InChI=1S/C20H30N4O4/c21-14-5-3-13(4-6-14)20(27)24-8-7-15(9-16(24)11-25)22-19(26)17-10-18(28-23-17)12-1-2-12/h10,12-16,25H,1-9,11,21H2,(H,22,26)/t13-,14-,15-,16+/m1/s1. The highest BCUT2D eigenvalue weighted by Crippen LogP contribution is 2.40. The molecule has 0 aromatic carbocycles. The molecule has 1 aromatic rings. The number of aliphatic hydroxyl groups is 1. The second kappa shape index (κ2) is 8.21. The summed E-state index contributed by atoms with van der Waals surface area (Å²) in [4.78, 5) is 27.2. The van der Waals surface area contributed by atoms with Gasteiger partial charge in [0.1, 0.15) is 5.76 Å². The van der Waals surface area contributed by atoms with Gasteiger partial charge in [0, 0.05) is 36.5 Å². The van der Waals surface area contributed by atoms with E-state index in [1.165, 1.54) is 0 Å². The highest BCUT2D eigenvalue weighted by Gasteiger charge is 2.36. The van der Waals surface area contributed by atoms with Crippen LogP contribution in [0.25, 0.3) is 0 Å². The number of amides is 2. The predicted molar refractivity (Wildman–Crippen MR) is 101 cm³/mol. The minimum Gasteiger partial charge on any atom is -0.394 e. The number of rotatable bonds is 5. The molecule has 3 fully saturated rings. The van der Waals surface area contributed by atoms with Crippen LogP contribution in [0.4, 0.5) is 0 Å². The zero-order chi connectivity index (χ0) is 19.7. The topological polar surface area (TPSA) is 122 Å². The summed E-state index contributed by atoms with van der Waals surface area (Å²) in [6.45, 7) is 0.448. The fraction of sp³-hybridized carbons (Fsp3) is 0.750. The van der Waals surface area contributed by atoms with Crippen molar-refractivity contribution < 1.29 is 19.2 Å². The van der Waals surface area contributed by atoms with Gasteiger partial charge in [-0.25, -0.2) is 0 Å². The predicted octanol–water partition coefficient (Wildman–Crippen LogP) is 1.15. The third kappa shape index (κ3) is 4.22. The van der Waals surface area contributed by atoms with Crippen LogP contribution < -0.4 is 11.1 Å². The lowest BCUT2D eigenvalue weighted by atomic mass is 9.84. The maximum Gasteiger partial charge on any atom is 0.273 e. The molecule has 2 saturated carbocycles. The van der Waals surface area contributed by atoms with Crippen molar-refractivity contribution in [2.75, 3.05) is 13.2 Å². The number of nitrogens with two attached hydrogens (primary N) is 1. The molecule has 28 heavy (non-hydrogen) atoms. The average molecular weight is 390 g/mol. The van der Waals surface area contributed by atoms with Gasteiger partial charge in [0.2, 0.25) is 5.91 Å². The summed E-state index contributed by atoms with van der Waals surface area (Å²) in [6, 6.07) is 1.58. The lowest BCUT2D eigenvalue weighted by Gasteiger charge is -2.41. The summed E-state index contributed by atoms with van der Waals surface area (Å²) in [5, 5.41) is 16.7. The van der Waals surface area contributed by atoms with Gasteiger partial charge in [-0.3, -0.25) is 9.59 Å². The van der Waals surface area contributed by atoms with E-state index < -0.39 is 0 Å². The molecule has 154 valence electrons. The molecule has 4 rings (SSSR count). The third-order valence-corrected chi connectivity index (χ3v) is 6.41. The number of aliphatic hydroxyl groups excluding tert-OH is 1. The number of nitrogens with zero attached hydrogens (tertiary/aromatic N) is 2. The van der Waals surface area contributed by atoms with E-state index in [1.807, 2.05) is 4.90 Å². The number of aromatic nitrogens is 1. The Labute approximate surface area is 164 Å². The molecule has 2 amide bonds. The Morgan fingerprint density at radius 1 is 1.21 bits per heavy atom. The van der Waals surface area contributed by atoms with E-state index in [0.29, 0.717) is 31.0 Å². The highest BCUT2D eigenvalue weighted by molar-refractivity contribution is 5.92. The van der Waals surface area contributed by atoms with Crippen molar-refractivity contribution in [3.8, 4) is 0 Å². The maximum absolute atomic E-state index is 12.9. The summed E-state index contributed by atoms with van der Waals surface area (Å²) in [6.07, 6.45) is 6.82. The molecular weight excluding hydrogens is 360 g/mol. The Hall–Kier alpha value is -1.93. The molecule has 1 aliphatic heterocycles. The molecule has 8 nitrogen and oxygen atoms in total. The molecule has 0 spiro atoms. The lowest BCUT2D eigenvalue weighted by Crippen LogP contribution is -2.55. The summed E-state index contributed by atoms with van der Waals surface area (Å²) < 4.78 is 5.25. The van der Waals surface area contributed by atoms with Gasteiger partial charge in [-0.2, -0.15) is 0 Å². The summed E-state index contributed by atoms with van der Waals surface area (Å²) in [7, 11) is 0. The second-order valence-electron chi connectivity index (χ2n) is 8.56. The summed E-state index contributed by atoms with van der Waals surface area (Å²) in [5.74, 6) is 1.08. The van der Waals surface area contributed by atoms with Crippen molar-refractivity contribution in [3.05, 3.63) is 17.5 Å². The monoisotopic (exact) mass is 390 g/mol. The number of hydrogen-bond donors (Lipinski definition) is 3. The molecular formula is C20H30N4O4. The van der Waals surface area contributed by atoms with Crippen molar-refractivity contribution in [2.24, 2.45) is 11.7 Å². The molecule has 0 radical (unpaired) electrons. The van der Waals surface area contributed by atoms with Crippen LogP contribution in [0.1, 0.15) is 73.5 Å². The van der Waals surface area contributed by atoms with Crippen LogP contribution in [0.5, 0.6) is 0 Å². The Bertz CT molecular complexity index is 709. The molecule has 8 heteroatoms. The number of hydrogen-bond acceptors (Lipinski definition) is 6. The smallest absolute Gasteiger partial charge is 0.273 e. The van der Waals surface area contributed by atoms with E-state index in [9.17, 15) is 14.7 Å². The van der Waals surface area contributed by atoms with Gasteiger partial charge in [0.05, 0.1) is 12.6 Å². The minimum atomic E-state index is -0.263. The Morgan fingerprint density at radius 2 is 1.96 bits per heavy atom. The zero-order valence-electron chi connectivity index (χ0n) is 16.2.